The lowest BCUT2D eigenvalue weighted by Crippen LogP contribution is -2.27. The van der Waals surface area contributed by atoms with Gasteiger partial charge in [-0.05, 0) is 38.1 Å². The average Bonchev–Trinajstić information content (AvgIpc) is 3.28. The van der Waals surface area contributed by atoms with Crippen molar-refractivity contribution in [1.82, 2.24) is 24.6 Å². The number of aromatic nitrogens is 4. The van der Waals surface area contributed by atoms with Crippen molar-refractivity contribution in [2.75, 3.05) is 7.05 Å². The van der Waals surface area contributed by atoms with E-state index in [0.29, 0.717) is 19.4 Å². The Morgan fingerprint density at radius 1 is 1.07 bits per heavy atom. The summed E-state index contributed by atoms with van der Waals surface area (Å²) in [5, 5.41) is 4.67. The van der Waals surface area contributed by atoms with Gasteiger partial charge in [-0.25, -0.2) is 9.67 Å². The summed E-state index contributed by atoms with van der Waals surface area (Å²) in [6, 6.07) is 18.0. The van der Waals surface area contributed by atoms with Crippen LogP contribution >= 0.6 is 0 Å². The molecule has 0 aliphatic heterocycles. The highest BCUT2D eigenvalue weighted by atomic mass is 16.2. The summed E-state index contributed by atoms with van der Waals surface area (Å²) >= 11 is 0. The van der Waals surface area contributed by atoms with Crippen molar-refractivity contribution in [3.63, 3.8) is 0 Å². The SMILES string of the molecule is Cc1nn(-c2ccccc2)c(C)c1CN(C)C(=O)CCc1nc2ccccc2[nH]1. The zero-order valence-corrected chi connectivity index (χ0v) is 17.0. The Morgan fingerprint density at radius 3 is 2.55 bits per heavy atom. The van der Waals surface area contributed by atoms with Crippen LogP contribution in [0.25, 0.3) is 16.7 Å². The molecule has 2 aromatic carbocycles. The maximum Gasteiger partial charge on any atom is 0.223 e. The minimum atomic E-state index is 0.0942. The summed E-state index contributed by atoms with van der Waals surface area (Å²) < 4.78 is 1.94. The molecule has 2 aromatic heterocycles. The molecule has 29 heavy (non-hydrogen) atoms. The fraction of sp³-hybridized carbons (Fsp3) is 0.261. The molecule has 0 aliphatic rings. The zero-order valence-electron chi connectivity index (χ0n) is 17.0. The van der Waals surface area contributed by atoms with Crippen molar-refractivity contribution in [3.8, 4) is 5.69 Å². The molecule has 0 unspecified atom stereocenters. The number of nitrogens with one attached hydrogen (secondary N) is 1. The van der Waals surface area contributed by atoms with Crippen molar-refractivity contribution in [2.45, 2.75) is 33.2 Å². The quantitative estimate of drug-likeness (QED) is 0.545. The topological polar surface area (TPSA) is 66.8 Å². The fourth-order valence-electron chi connectivity index (χ4n) is 3.59. The summed E-state index contributed by atoms with van der Waals surface area (Å²) in [5.74, 6) is 0.939. The van der Waals surface area contributed by atoms with E-state index in [9.17, 15) is 4.79 Å². The Kier molecular flexibility index (Phi) is 5.16. The highest BCUT2D eigenvalue weighted by Crippen LogP contribution is 2.20. The van der Waals surface area contributed by atoms with Gasteiger partial charge < -0.3 is 9.88 Å². The lowest BCUT2D eigenvalue weighted by molar-refractivity contribution is -0.130. The van der Waals surface area contributed by atoms with Crippen LogP contribution < -0.4 is 0 Å². The summed E-state index contributed by atoms with van der Waals surface area (Å²) in [7, 11) is 1.85. The van der Waals surface area contributed by atoms with E-state index in [1.165, 1.54) is 0 Å². The molecule has 2 heterocycles. The fourth-order valence-corrected chi connectivity index (χ4v) is 3.59. The first-order valence-electron chi connectivity index (χ1n) is 9.81. The van der Waals surface area contributed by atoms with Crippen molar-refractivity contribution in [3.05, 3.63) is 77.4 Å². The number of imidazole rings is 1. The number of hydrogen-bond acceptors (Lipinski definition) is 3. The first-order chi connectivity index (χ1) is 14.0. The van der Waals surface area contributed by atoms with Crippen LogP contribution in [0.3, 0.4) is 0 Å². The van der Waals surface area contributed by atoms with Gasteiger partial charge in [0.05, 0.1) is 22.4 Å². The minimum absolute atomic E-state index is 0.0942. The van der Waals surface area contributed by atoms with Gasteiger partial charge in [0, 0.05) is 37.7 Å². The molecule has 0 bridgehead atoms. The Balaban J connectivity index is 1.43. The largest absolute Gasteiger partial charge is 0.342 e. The van der Waals surface area contributed by atoms with Crippen LogP contribution in [0.2, 0.25) is 0 Å². The van der Waals surface area contributed by atoms with E-state index in [1.54, 1.807) is 4.90 Å². The van der Waals surface area contributed by atoms with E-state index in [4.69, 9.17) is 0 Å². The Morgan fingerprint density at radius 2 is 1.79 bits per heavy atom. The number of carbonyl (C=O) groups excluding carboxylic acids is 1. The van der Waals surface area contributed by atoms with Gasteiger partial charge in [-0.3, -0.25) is 4.79 Å². The molecule has 0 saturated carbocycles. The van der Waals surface area contributed by atoms with E-state index in [2.05, 4.69) is 22.0 Å². The molecule has 4 aromatic rings. The summed E-state index contributed by atoms with van der Waals surface area (Å²) in [6.07, 6.45) is 1.01. The molecule has 1 amide bonds. The number of nitrogens with zero attached hydrogens (tertiary/aromatic N) is 4. The van der Waals surface area contributed by atoms with Gasteiger partial charge in [0.2, 0.25) is 5.91 Å². The second kappa shape index (κ2) is 7.91. The highest BCUT2D eigenvalue weighted by molar-refractivity contribution is 5.77. The van der Waals surface area contributed by atoms with Gasteiger partial charge in [0.15, 0.2) is 0 Å². The number of rotatable bonds is 6. The predicted molar refractivity (Wildman–Crippen MR) is 114 cm³/mol. The molecule has 0 atom stereocenters. The smallest absolute Gasteiger partial charge is 0.223 e. The van der Waals surface area contributed by atoms with Crippen molar-refractivity contribution < 1.29 is 4.79 Å². The van der Waals surface area contributed by atoms with Crippen LogP contribution in [0.5, 0.6) is 0 Å². The number of aromatic amines is 1. The van der Waals surface area contributed by atoms with Crippen LogP contribution in [-0.2, 0) is 17.8 Å². The molecular formula is C23H25N5O. The van der Waals surface area contributed by atoms with E-state index in [-0.39, 0.29) is 5.91 Å². The van der Waals surface area contributed by atoms with E-state index in [1.807, 2.05) is 73.3 Å². The number of H-pyrrole nitrogens is 1. The molecule has 6 heteroatoms. The first kappa shape index (κ1) is 18.9. The van der Waals surface area contributed by atoms with Crippen LogP contribution in [0.15, 0.2) is 54.6 Å². The molecular weight excluding hydrogens is 362 g/mol. The van der Waals surface area contributed by atoms with Gasteiger partial charge in [-0.15, -0.1) is 0 Å². The third kappa shape index (κ3) is 3.92. The van der Waals surface area contributed by atoms with E-state index >= 15 is 0 Å². The van der Waals surface area contributed by atoms with Gasteiger partial charge in [0.25, 0.3) is 0 Å². The third-order valence-corrected chi connectivity index (χ3v) is 5.28. The Labute approximate surface area is 170 Å². The third-order valence-electron chi connectivity index (χ3n) is 5.28. The summed E-state index contributed by atoms with van der Waals surface area (Å²) in [6.45, 7) is 4.59. The number of aryl methyl sites for hydroxylation is 2. The van der Waals surface area contributed by atoms with Gasteiger partial charge in [-0.2, -0.15) is 5.10 Å². The van der Waals surface area contributed by atoms with Crippen molar-refractivity contribution >= 4 is 16.9 Å². The molecule has 1 N–H and O–H groups in total. The number of hydrogen-bond donors (Lipinski definition) is 1. The van der Waals surface area contributed by atoms with Crippen LogP contribution in [0.1, 0.15) is 29.2 Å². The lowest BCUT2D eigenvalue weighted by Gasteiger charge is -2.17. The average molecular weight is 387 g/mol. The maximum atomic E-state index is 12.7. The monoisotopic (exact) mass is 387 g/mol. The lowest BCUT2D eigenvalue weighted by atomic mass is 10.1. The molecule has 148 valence electrons. The zero-order chi connectivity index (χ0) is 20.4. The van der Waals surface area contributed by atoms with Gasteiger partial charge in [0.1, 0.15) is 5.82 Å². The maximum absolute atomic E-state index is 12.7. The number of carbonyl (C=O) groups is 1. The first-order valence-corrected chi connectivity index (χ1v) is 9.81. The van der Waals surface area contributed by atoms with E-state index < -0.39 is 0 Å². The van der Waals surface area contributed by atoms with Crippen molar-refractivity contribution in [1.29, 1.82) is 0 Å². The number of amides is 1. The Bertz CT molecular complexity index is 1110. The predicted octanol–water partition coefficient (Wildman–Crippen LogP) is 3.96. The molecule has 4 rings (SSSR count). The second-order valence-corrected chi connectivity index (χ2v) is 7.35. The minimum Gasteiger partial charge on any atom is -0.342 e. The normalized spacial score (nSPS) is 11.1. The molecule has 0 saturated heterocycles. The molecule has 0 spiro atoms. The number of fused-ring (bicyclic) bond motifs is 1. The van der Waals surface area contributed by atoms with Crippen molar-refractivity contribution in [2.24, 2.45) is 0 Å². The molecule has 0 radical (unpaired) electrons. The molecule has 0 aliphatic carbocycles. The molecule has 0 fully saturated rings. The standard InChI is InChI=1S/C23H25N5O/c1-16-19(17(2)28(26-16)18-9-5-4-6-10-18)15-27(3)23(29)14-13-22-24-20-11-7-8-12-21(20)25-22/h4-12H,13-15H2,1-3H3,(H,24,25). The van der Waals surface area contributed by atoms with Crippen LogP contribution in [0.4, 0.5) is 0 Å². The second-order valence-electron chi connectivity index (χ2n) is 7.35. The van der Waals surface area contributed by atoms with Crippen LogP contribution in [0, 0.1) is 13.8 Å². The van der Waals surface area contributed by atoms with Gasteiger partial charge >= 0.3 is 0 Å². The van der Waals surface area contributed by atoms with Crippen LogP contribution in [-0.4, -0.2) is 37.6 Å². The number of benzene rings is 2. The number of para-hydroxylation sites is 3. The van der Waals surface area contributed by atoms with Gasteiger partial charge in [-0.1, -0.05) is 30.3 Å². The molecule has 6 nitrogen and oxygen atoms in total. The summed E-state index contributed by atoms with van der Waals surface area (Å²) in [5.41, 5.74) is 6.06. The van der Waals surface area contributed by atoms with E-state index in [0.717, 1.165) is 39.5 Å². The summed E-state index contributed by atoms with van der Waals surface area (Å²) in [4.78, 5) is 22.3. The highest BCUT2D eigenvalue weighted by Gasteiger charge is 2.17. The Hall–Kier alpha value is -3.41.